The molecule has 0 aliphatic carbocycles. The molecule has 0 saturated heterocycles. The van der Waals surface area contributed by atoms with Crippen LogP contribution in [-0.2, 0) is 0 Å². The van der Waals surface area contributed by atoms with Crippen LogP contribution >= 0.6 is 0 Å². The molecule has 0 saturated carbocycles. The molecule has 0 radical (unpaired) electrons. The van der Waals surface area contributed by atoms with Crippen molar-refractivity contribution in [3.63, 3.8) is 0 Å². The van der Waals surface area contributed by atoms with Gasteiger partial charge in [-0.25, -0.2) is 4.98 Å². The molecule has 0 amide bonds. The van der Waals surface area contributed by atoms with Crippen LogP contribution in [0.5, 0.6) is 0 Å². The standard InChI is InChI=1S/C8H11N3/c1-9-6-7-11-8-4-2-3-5-10-8/h2-5H,1,6-7H2,(H,10,11). The van der Waals surface area contributed by atoms with Crippen molar-refractivity contribution in [1.29, 1.82) is 0 Å². The van der Waals surface area contributed by atoms with Gasteiger partial charge in [0.2, 0.25) is 0 Å². The van der Waals surface area contributed by atoms with Crippen LogP contribution in [0.25, 0.3) is 0 Å². The van der Waals surface area contributed by atoms with Crippen molar-refractivity contribution in [2.45, 2.75) is 0 Å². The molecular weight excluding hydrogens is 138 g/mol. The molecule has 0 fully saturated rings. The van der Waals surface area contributed by atoms with E-state index in [1.807, 2.05) is 18.2 Å². The Hall–Kier alpha value is -1.38. The Bertz CT molecular complexity index is 208. The van der Waals surface area contributed by atoms with E-state index in [1.54, 1.807) is 6.20 Å². The van der Waals surface area contributed by atoms with E-state index >= 15 is 0 Å². The largest absolute Gasteiger partial charge is 0.368 e. The molecule has 1 rings (SSSR count). The first-order valence-corrected chi connectivity index (χ1v) is 3.51. The summed E-state index contributed by atoms with van der Waals surface area (Å²) in [6, 6.07) is 5.75. The topological polar surface area (TPSA) is 37.3 Å². The molecule has 0 aromatic carbocycles. The molecule has 3 nitrogen and oxygen atoms in total. The Labute approximate surface area is 66.2 Å². The van der Waals surface area contributed by atoms with E-state index in [0.29, 0.717) is 0 Å². The molecule has 0 bridgehead atoms. The van der Waals surface area contributed by atoms with E-state index in [9.17, 15) is 0 Å². The second-order valence-electron chi connectivity index (χ2n) is 2.09. The molecule has 0 spiro atoms. The average Bonchev–Trinajstić information content (AvgIpc) is 2.07. The minimum atomic E-state index is 0.719. The highest BCUT2D eigenvalue weighted by molar-refractivity contribution is 5.33. The smallest absolute Gasteiger partial charge is 0.125 e. The van der Waals surface area contributed by atoms with Gasteiger partial charge in [-0.05, 0) is 18.9 Å². The third kappa shape index (κ3) is 2.80. The van der Waals surface area contributed by atoms with Crippen LogP contribution in [0.3, 0.4) is 0 Å². The molecule has 1 N–H and O–H groups in total. The lowest BCUT2D eigenvalue weighted by Crippen LogP contribution is -2.05. The van der Waals surface area contributed by atoms with Crippen molar-refractivity contribution < 1.29 is 0 Å². The van der Waals surface area contributed by atoms with Crippen molar-refractivity contribution in [3.8, 4) is 0 Å². The highest BCUT2D eigenvalue weighted by atomic mass is 15.0. The third-order valence-corrected chi connectivity index (χ3v) is 1.24. The van der Waals surface area contributed by atoms with Crippen LogP contribution < -0.4 is 5.32 Å². The van der Waals surface area contributed by atoms with Gasteiger partial charge in [-0.15, -0.1) is 0 Å². The van der Waals surface area contributed by atoms with Crippen molar-refractivity contribution >= 4 is 12.5 Å². The van der Waals surface area contributed by atoms with Gasteiger partial charge >= 0.3 is 0 Å². The molecule has 1 aromatic heterocycles. The number of aromatic nitrogens is 1. The van der Waals surface area contributed by atoms with Crippen LogP contribution in [0.2, 0.25) is 0 Å². The molecule has 0 unspecified atom stereocenters. The minimum absolute atomic E-state index is 0.719. The lowest BCUT2D eigenvalue weighted by atomic mass is 10.4. The number of pyridine rings is 1. The summed E-state index contributed by atoms with van der Waals surface area (Å²) in [5.74, 6) is 0.885. The van der Waals surface area contributed by atoms with Gasteiger partial charge in [0.1, 0.15) is 5.82 Å². The molecular formula is C8H11N3. The summed E-state index contributed by atoms with van der Waals surface area (Å²) in [6.45, 7) is 4.89. The lowest BCUT2D eigenvalue weighted by Gasteiger charge is -2.00. The highest BCUT2D eigenvalue weighted by Gasteiger charge is 1.87. The number of nitrogens with one attached hydrogen (secondary N) is 1. The summed E-state index contributed by atoms with van der Waals surface area (Å²) in [5.41, 5.74) is 0. The van der Waals surface area contributed by atoms with E-state index in [4.69, 9.17) is 0 Å². The number of anilines is 1. The van der Waals surface area contributed by atoms with E-state index in [0.717, 1.165) is 18.9 Å². The van der Waals surface area contributed by atoms with Gasteiger partial charge in [0.05, 0.1) is 6.54 Å². The summed E-state index contributed by atoms with van der Waals surface area (Å²) in [5, 5.41) is 3.10. The second kappa shape index (κ2) is 4.44. The predicted octanol–water partition coefficient (Wildman–Crippen LogP) is 1.19. The fraction of sp³-hybridized carbons (Fsp3) is 0.250. The zero-order valence-electron chi connectivity index (χ0n) is 6.33. The van der Waals surface area contributed by atoms with Crippen LogP contribution in [0.4, 0.5) is 5.82 Å². The maximum absolute atomic E-state index is 4.08. The lowest BCUT2D eigenvalue weighted by molar-refractivity contribution is 1.02. The Morgan fingerprint density at radius 3 is 3.09 bits per heavy atom. The number of hydrogen-bond donors (Lipinski definition) is 1. The number of hydrogen-bond acceptors (Lipinski definition) is 3. The Kier molecular flexibility index (Phi) is 3.12. The molecule has 1 heterocycles. The summed E-state index contributed by atoms with van der Waals surface area (Å²) in [4.78, 5) is 7.79. The van der Waals surface area contributed by atoms with Gasteiger partial charge in [-0.2, -0.15) is 0 Å². The van der Waals surface area contributed by atoms with Crippen LogP contribution in [-0.4, -0.2) is 24.8 Å². The van der Waals surface area contributed by atoms with Crippen LogP contribution in [0.15, 0.2) is 29.4 Å². The first-order chi connectivity index (χ1) is 5.43. The number of rotatable bonds is 4. The zero-order chi connectivity index (χ0) is 7.94. The quantitative estimate of drug-likeness (QED) is 0.516. The van der Waals surface area contributed by atoms with Gasteiger partial charge in [-0.3, -0.25) is 4.99 Å². The van der Waals surface area contributed by atoms with Crippen LogP contribution in [0.1, 0.15) is 0 Å². The first kappa shape index (κ1) is 7.72. The van der Waals surface area contributed by atoms with Crippen molar-refractivity contribution in [2.24, 2.45) is 4.99 Å². The SMILES string of the molecule is C=NCCNc1ccccn1. The normalized spacial score (nSPS) is 9.09. The Morgan fingerprint density at radius 1 is 1.55 bits per heavy atom. The molecule has 3 heteroatoms. The monoisotopic (exact) mass is 149 g/mol. The van der Waals surface area contributed by atoms with E-state index in [-0.39, 0.29) is 0 Å². The van der Waals surface area contributed by atoms with E-state index in [2.05, 4.69) is 22.0 Å². The molecule has 11 heavy (non-hydrogen) atoms. The molecule has 0 aliphatic rings. The number of aliphatic imine (C=N–C) groups is 1. The highest BCUT2D eigenvalue weighted by Crippen LogP contribution is 1.97. The van der Waals surface area contributed by atoms with Crippen LogP contribution in [0, 0.1) is 0 Å². The van der Waals surface area contributed by atoms with Gasteiger partial charge in [0, 0.05) is 12.7 Å². The van der Waals surface area contributed by atoms with Gasteiger partial charge < -0.3 is 5.32 Å². The minimum Gasteiger partial charge on any atom is -0.368 e. The molecule has 1 aromatic rings. The van der Waals surface area contributed by atoms with Crippen molar-refractivity contribution in [3.05, 3.63) is 24.4 Å². The fourth-order valence-electron chi connectivity index (χ4n) is 0.730. The Morgan fingerprint density at radius 2 is 2.45 bits per heavy atom. The second-order valence-corrected chi connectivity index (χ2v) is 2.09. The molecule has 0 aliphatic heterocycles. The molecule has 58 valence electrons. The summed E-state index contributed by atoms with van der Waals surface area (Å²) < 4.78 is 0. The van der Waals surface area contributed by atoms with Gasteiger partial charge in [0.15, 0.2) is 0 Å². The molecule has 0 atom stereocenters. The third-order valence-electron chi connectivity index (χ3n) is 1.24. The summed E-state index contributed by atoms with van der Waals surface area (Å²) in [7, 11) is 0. The van der Waals surface area contributed by atoms with E-state index < -0.39 is 0 Å². The fourth-order valence-corrected chi connectivity index (χ4v) is 0.730. The van der Waals surface area contributed by atoms with Gasteiger partial charge in [0.25, 0.3) is 0 Å². The van der Waals surface area contributed by atoms with Gasteiger partial charge in [-0.1, -0.05) is 6.07 Å². The average molecular weight is 149 g/mol. The van der Waals surface area contributed by atoms with Crippen molar-refractivity contribution in [2.75, 3.05) is 18.4 Å². The maximum Gasteiger partial charge on any atom is 0.125 e. The maximum atomic E-state index is 4.08. The summed E-state index contributed by atoms with van der Waals surface area (Å²) >= 11 is 0. The predicted molar refractivity (Wildman–Crippen MR) is 47.1 cm³/mol. The first-order valence-electron chi connectivity index (χ1n) is 3.51. The zero-order valence-corrected chi connectivity index (χ0v) is 6.33. The summed E-state index contributed by atoms with van der Waals surface area (Å²) in [6.07, 6.45) is 1.75. The van der Waals surface area contributed by atoms with Crippen molar-refractivity contribution in [1.82, 2.24) is 4.98 Å². The number of nitrogens with zero attached hydrogens (tertiary/aromatic N) is 2. The Balaban J connectivity index is 2.33. The van der Waals surface area contributed by atoms with E-state index in [1.165, 1.54) is 0 Å².